The van der Waals surface area contributed by atoms with Gasteiger partial charge in [-0.25, -0.2) is 4.98 Å². The van der Waals surface area contributed by atoms with E-state index in [1.807, 2.05) is 31.2 Å². The van der Waals surface area contributed by atoms with E-state index in [1.165, 1.54) is 0 Å². The molecule has 134 valence electrons. The molecule has 1 heterocycles. The minimum atomic E-state index is -0.251. The number of amides is 1. The third kappa shape index (κ3) is 4.25. The third-order valence-electron chi connectivity index (χ3n) is 3.73. The molecule has 0 bridgehead atoms. The molecule has 26 heavy (non-hydrogen) atoms. The van der Waals surface area contributed by atoms with Crippen LogP contribution in [-0.4, -0.2) is 40.7 Å². The van der Waals surface area contributed by atoms with Gasteiger partial charge in [-0.05, 0) is 35.9 Å². The number of aromatic nitrogens is 2. The number of carbonyl (C=O) groups is 1. The number of phenols is 1. The predicted octanol–water partition coefficient (Wildman–Crippen LogP) is 1.76. The summed E-state index contributed by atoms with van der Waals surface area (Å²) in [5, 5.41) is 14.1. The molecule has 0 aliphatic carbocycles. The molecule has 7 nitrogen and oxygen atoms in total. The topological polar surface area (TPSA) is 110 Å². The minimum absolute atomic E-state index is 0.132. The van der Waals surface area contributed by atoms with Crippen LogP contribution in [0.15, 0.2) is 42.5 Å². The Morgan fingerprint density at radius 2 is 1.92 bits per heavy atom. The molecule has 4 N–H and O–H groups in total. The third-order valence-corrected chi connectivity index (χ3v) is 3.73. The Labute approximate surface area is 150 Å². The van der Waals surface area contributed by atoms with Crippen molar-refractivity contribution in [1.82, 2.24) is 15.3 Å². The Morgan fingerprint density at radius 1 is 1.15 bits per heavy atom. The van der Waals surface area contributed by atoms with E-state index >= 15 is 0 Å². The summed E-state index contributed by atoms with van der Waals surface area (Å²) in [4.78, 5) is 20.5. The summed E-state index contributed by atoms with van der Waals surface area (Å²) in [6, 6.07) is 12.6. The van der Waals surface area contributed by atoms with Crippen LogP contribution in [0.25, 0.3) is 22.2 Å². The van der Waals surface area contributed by atoms with Gasteiger partial charge in [-0.3, -0.25) is 4.79 Å². The largest absolute Gasteiger partial charge is 0.508 e. The van der Waals surface area contributed by atoms with Gasteiger partial charge in [0.1, 0.15) is 5.75 Å². The van der Waals surface area contributed by atoms with E-state index in [-0.39, 0.29) is 18.3 Å². The van der Waals surface area contributed by atoms with Gasteiger partial charge in [0.15, 0.2) is 12.4 Å². The van der Waals surface area contributed by atoms with Gasteiger partial charge in [-0.1, -0.05) is 18.2 Å². The van der Waals surface area contributed by atoms with Gasteiger partial charge in [-0.2, -0.15) is 4.98 Å². The fourth-order valence-electron chi connectivity index (χ4n) is 2.52. The summed E-state index contributed by atoms with van der Waals surface area (Å²) in [7, 11) is 0. The zero-order chi connectivity index (χ0) is 18.5. The Kier molecular flexibility index (Phi) is 5.28. The number of aryl methyl sites for hydroxylation is 1. The molecule has 0 unspecified atom stereocenters. The van der Waals surface area contributed by atoms with Gasteiger partial charge >= 0.3 is 0 Å². The quantitative estimate of drug-likeness (QED) is 0.623. The van der Waals surface area contributed by atoms with E-state index in [4.69, 9.17) is 10.5 Å². The lowest BCUT2D eigenvalue weighted by molar-refractivity contribution is -0.123. The Bertz CT molecular complexity index is 943. The normalized spacial score (nSPS) is 10.7. The maximum absolute atomic E-state index is 11.6. The van der Waals surface area contributed by atoms with Gasteiger partial charge in [0.05, 0.1) is 0 Å². The van der Waals surface area contributed by atoms with Crippen LogP contribution in [0.1, 0.15) is 5.69 Å². The number of nitrogens with two attached hydrogens (primary N) is 1. The average molecular weight is 352 g/mol. The van der Waals surface area contributed by atoms with Crippen molar-refractivity contribution in [3.63, 3.8) is 0 Å². The molecular formula is C19H20N4O3. The Balaban J connectivity index is 1.83. The van der Waals surface area contributed by atoms with Crippen LogP contribution in [0.4, 0.5) is 0 Å². The lowest BCUT2D eigenvalue weighted by atomic mass is 10.1. The number of phenolic OH excluding ortho intramolecular Hbond substituents is 1. The fraction of sp³-hybridized carbons (Fsp3) is 0.211. The number of nitrogens with zero attached hydrogens (tertiary/aromatic N) is 2. The highest BCUT2D eigenvalue weighted by atomic mass is 16.5. The fourth-order valence-corrected chi connectivity index (χ4v) is 2.52. The Morgan fingerprint density at radius 3 is 2.73 bits per heavy atom. The first-order valence-electron chi connectivity index (χ1n) is 8.23. The van der Waals surface area contributed by atoms with Crippen LogP contribution in [0, 0.1) is 6.92 Å². The number of carbonyl (C=O) groups excluding carboxylic acids is 1. The van der Waals surface area contributed by atoms with Crippen molar-refractivity contribution < 1.29 is 14.6 Å². The summed E-state index contributed by atoms with van der Waals surface area (Å²) in [6.07, 6.45) is 0. The van der Waals surface area contributed by atoms with E-state index in [2.05, 4.69) is 15.3 Å². The maximum atomic E-state index is 11.6. The van der Waals surface area contributed by atoms with Crippen LogP contribution in [-0.2, 0) is 4.79 Å². The van der Waals surface area contributed by atoms with Crippen molar-refractivity contribution in [1.29, 1.82) is 0 Å². The number of aromatic hydroxyl groups is 1. The number of benzene rings is 2. The number of ether oxygens (including phenoxy) is 1. The van der Waals surface area contributed by atoms with E-state index in [0.29, 0.717) is 24.8 Å². The number of rotatable bonds is 6. The molecule has 1 aromatic heterocycles. The second kappa shape index (κ2) is 7.79. The first kappa shape index (κ1) is 17.6. The van der Waals surface area contributed by atoms with Crippen LogP contribution >= 0.6 is 0 Å². The van der Waals surface area contributed by atoms with Gasteiger partial charge < -0.3 is 20.9 Å². The van der Waals surface area contributed by atoms with Crippen molar-refractivity contribution in [3.05, 3.63) is 48.2 Å². The van der Waals surface area contributed by atoms with Crippen molar-refractivity contribution >= 4 is 16.7 Å². The summed E-state index contributed by atoms with van der Waals surface area (Å²) in [5.41, 5.74) is 6.90. The maximum Gasteiger partial charge on any atom is 0.258 e. The predicted molar refractivity (Wildman–Crippen MR) is 98.9 cm³/mol. The summed E-state index contributed by atoms with van der Waals surface area (Å²) >= 11 is 0. The van der Waals surface area contributed by atoms with Crippen LogP contribution < -0.4 is 15.8 Å². The second-order valence-electron chi connectivity index (χ2n) is 5.84. The van der Waals surface area contributed by atoms with E-state index in [1.54, 1.807) is 18.2 Å². The smallest absolute Gasteiger partial charge is 0.258 e. The lowest BCUT2D eigenvalue weighted by Crippen LogP contribution is -2.33. The minimum Gasteiger partial charge on any atom is -0.508 e. The highest BCUT2D eigenvalue weighted by Crippen LogP contribution is 2.26. The Hall–Kier alpha value is -3.19. The first-order chi connectivity index (χ1) is 12.5. The van der Waals surface area contributed by atoms with Crippen molar-refractivity contribution in [3.8, 4) is 23.0 Å². The standard InChI is InChI=1S/C19H20N4O3/c1-12-8-18(26-11-17(25)21-7-6-20)23-19(22-12)15-3-2-14-10-16(24)5-4-13(14)9-15/h2-5,8-10,24H,6-7,11,20H2,1H3,(H,21,25). The molecule has 0 saturated heterocycles. The molecule has 0 saturated carbocycles. The summed E-state index contributed by atoms with van der Waals surface area (Å²) < 4.78 is 5.47. The molecule has 1 amide bonds. The first-order valence-corrected chi connectivity index (χ1v) is 8.23. The van der Waals surface area contributed by atoms with Gasteiger partial charge in [0.25, 0.3) is 5.91 Å². The molecule has 2 aromatic carbocycles. The average Bonchev–Trinajstić information content (AvgIpc) is 2.63. The molecule has 3 aromatic rings. The monoisotopic (exact) mass is 352 g/mol. The molecule has 0 radical (unpaired) electrons. The van der Waals surface area contributed by atoms with E-state index in [9.17, 15) is 9.90 Å². The highest BCUT2D eigenvalue weighted by Gasteiger charge is 2.09. The van der Waals surface area contributed by atoms with Gasteiger partial charge in [0.2, 0.25) is 5.88 Å². The van der Waals surface area contributed by atoms with Gasteiger partial charge in [0, 0.05) is 30.4 Å². The zero-order valence-electron chi connectivity index (χ0n) is 14.4. The van der Waals surface area contributed by atoms with Crippen LogP contribution in [0.5, 0.6) is 11.6 Å². The summed E-state index contributed by atoms with van der Waals surface area (Å²) in [6.45, 7) is 2.49. The second-order valence-corrected chi connectivity index (χ2v) is 5.84. The molecule has 0 spiro atoms. The van der Waals surface area contributed by atoms with Crippen molar-refractivity contribution in [2.75, 3.05) is 19.7 Å². The van der Waals surface area contributed by atoms with E-state index < -0.39 is 0 Å². The van der Waals surface area contributed by atoms with Crippen molar-refractivity contribution in [2.24, 2.45) is 5.73 Å². The molecule has 3 rings (SSSR count). The molecule has 7 heteroatoms. The van der Waals surface area contributed by atoms with Crippen molar-refractivity contribution in [2.45, 2.75) is 6.92 Å². The van der Waals surface area contributed by atoms with Crippen LogP contribution in [0.2, 0.25) is 0 Å². The van der Waals surface area contributed by atoms with E-state index in [0.717, 1.165) is 22.0 Å². The molecule has 0 aliphatic rings. The van der Waals surface area contributed by atoms with Crippen LogP contribution in [0.3, 0.4) is 0 Å². The zero-order valence-corrected chi connectivity index (χ0v) is 14.4. The number of hydrogen-bond acceptors (Lipinski definition) is 6. The number of nitrogens with one attached hydrogen (secondary N) is 1. The van der Waals surface area contributed by atoms with Gasteiger partial charge in [-0.15, -0.1) is 0 Å². The highest BCUT2D eigenvalue weighted by molar-refractivity contribution is 5.87. The molecule has 0 aliphatic heterocycles. The molecular weight excluding hydrogens is 332 g/mol. The molecule has 0 atom stereocenters. The number of fused-ring (bicyclic) bond motifs is 1. The number of hydrogen-bond donors (Lipinski definition) is 3. The lowest BCUT2D eigenvalue weighted by Gasteiger charge is -2.09. The molecule has 0 fully saturated rings. The SMILES string of the molecule is Cc1cc(OCC(=O)NCCN)nc(-c2ccc3cc(O)ccc3c2)n1. The summed E-state index contributed by atoms with van der Waals surface area (Å²) in [5.74, 6) is 0.818.